The second-order valence-electron chi connectivity index (χ2n) is 9.69. The SMILES string of the molecule is Cc1cc(/C(O)=C2\C(=O)C(=O)N(CCCN(C)C)C2c2ccccc2C)ccc1OCC(C)C. The van der Waals surface area contributed by atoms with Crippen molar-refractivity contribution in [3.63, 3.8) is 0 Å². The molecule has 2 aromatic rings. The van der Waals surface area contributed by atoms with Crippen LogP contribution >= 0.6 is 0 Å². The number of hydrogen-bond donors (Lipinski definition) is 1. The Kier molecular flexibility index (Phi) is 8.15. The molecule has 0 saturated carbocycles. The molecular weight excluding hydrogens is 428 g/mol. The molecule has 1 amide bonds. The summed E-state index contributed by atoms with van der Waals surface area (Å²) in [6, 6.07) is 12.4. The summed E-state index contributed by atoms with van der Waals surface area (Å²) >= 11 is 0. The van der Waals surface area contributed by atoms with Crippen LogP contribution in [0, 0.1) is 19.8 Å². The fourth-order valence-corrected chi connectivity index (χ4v) is 4.26. The van der Waals surface area contributed by atoms with Gasteiger partial charge in [-0.2, -0.15) is 0 Å². The van der Waals surface area contributed by atoms with Crippen LogP contribution in [0.25, 0.3) is 5.76 Å². The number of hydrogen-bond acceptors (Lipinski definition) is 5. The predicted molar refractivity (Wildman–Crippen MR) is 135 cm³/mol. The minimum Gasteiger partial charge on any atom is -0.507 e. The van der Waals surface area contributed by atoms with Crippen LogP contribution in [0.4, 0.5) is 0 Å². The van der Waals surface area contributed by atoms with Gasteiger partial charge in [-0.3, -0.25) is 9.59 Å². The molecule has 0 radical (unpaired) electrons. The van der Waals surface area contributed by atoms with E-state index < -0.39 is 17.7 Å². The van der Waals surface area contributed by atoms with E-state index in [-0.39, 0.29) is 11.3 Å². The maximum absolute atomic E-state index is 13.2. The number of aliphatic hydroxyl groups is 1. The number of aryl methyl sites for hydroxylation is 2. The van der Waals surface area contributed by atoms with Crippen molar-refractivity contribution in [2.45, 2.75) is 40.2 Å². The molecule has 0 aromatic heterocycles. The third kappa shape index (κ3) is 5.50. The summed E-state index contributed by atoms with van der Waals surface area (Å²) in [7, 11) is 3.95. The van der Waals surface area contributed by atoms with Gasteiger partial charge in [-0.25, -0.2) is 0 Å². The fraction of sp³-hybridized carbons (Fsp3) is 0.429. The Balaban J connectivity index is 2.06. The third-order valence-corrected chi connectivity index (χ3v) is 6.05. The molecule has 1 fully saturated rings. The number of carbonyl (C=O) groups excluding carboxylic acids is 2. The monoisotopic (exact) mass is 464 g/mol. The highest BCUT2D eigenvalue weighted by Crippen LogP contribution is 2.41. The number of rotatable bonds is 9. The maximum atomic E-state index is 13.2. The third-order valence-electron chi connectivity index (χ3n) is 6.05. The van der Waals surface area contributed by atoms with Crippen molar-refractivity contribution < 1.29 is 19.4 Å². The van der Waals surface area contributed by atoms with Crippen LogP contribution in [0.1, 0.15) is 48.6 Å². The molecule has 1 saturated heterocycles. The minimum absolute atomic E-state index is 0.138. The van der Waals surface area contributed by atoms with Crippen LogP contribution in [0.2, 0.25) is 0 Å². The van der Waals surface area contributed by atoms with Crippen LogP contribution in [-0.2, 0) is 9.59 Å². The first-order chi connectivity index (χ1) is 16.1. The minimum atomic E-state index is -0.645. The average molecular weight is 465 g/mol. The number of Topliss-reactive ketones (excluding diaryl/α,β-unsaturated/α-hetero) is 1. The zero-order valence-electron chi connectivity index (χ0n) is 21.1. The highest BCUT2D eigenvalue weighted by Gasteiger charge is 2.46. The molecular formula is C28H36N2O4. The molecule has 6 heteroatoms. The van der Waals surface area contributed by atoms with E-state index in [1.807, 2.05) is 63.2 Å². The molecule has 34 heavy (non-hydrogen) atoms. The second-order valence-corrected chi connectivity index (χ2v) is 9.69. The number of ether oxygens (including phenoxy) is 1. The molecule has 1 aliphatic rings. The fourth-order valence-electron chi connectivity index (χ4n) is 4.26. The van der Waals surface area contributed by atoms with Gasteiger partial charge in [0.25, 0.3) is 11.7 Å². The van der Waals surface area contributed by atoms with Gasteiger partial charge in [0, 0.05) is 12.1 Å². The van der Waals surface area contributed by atoms with Crippen molar-refractivity contribution in [2.75, 3.05) is 33.8 Å². The van der Waals surface area contributed by atoms with Gasteiger partial charge in [0.2, 0.25) is 0 Å². The zero-order chi connectivity index (χ0) is 25.0. The Hall–Kier alpha value is -3.12. The van der Waals surface area contributed by atoms with Crippen LogP contribution in [-0.4, -0.2) is 60.4 Å². The lowest BCUT2D eigenvalue weighted by atomic mass is 9.92. The van der Waals surface area contributed by atoms with E-state index in [1.54, 1.807) is 17.0 Å². The highest BCUT2D eigenvalue weighted by atomic mass is 16.5. The molecule has 1 heterocycles. The Labute approximate surface area is 202 Å². The number of aliphatic hydroxyl groups excluding tert-OH is 1. The summed E-state index contributed by atoms with van der Waals surface area (Å²) in [6.07, 6.45) is 0.726. The summed E-state index contributed by atoms with van der Waals surface area (Å²) in [5, 5.41) is 11.3. The van der Waals surface area contributed by atoms with Crippen LogP contribution in [0.15, 0.2) is 48.0 Å². The lowest BCUT2D eigenvalue weighted by Gasteiger charge is -2.27. The highest BCUT2D eigenvalue weighted by molar-refractivity contribution is 6.46. The molecule has 182 valence electrons. The van der Waals surface area contributed by atoms with Crippen molar-refractivity contribution in [1.82, 2.24) is 9.80 Å². The van der Waals surface area contributed by atoms with Gasteiger partial charge in [0.05, 0.1) is 18.2 Å². The molecule has 6 nitrogen and oxygen atoms in total. The summed E-state index contributed by atoms with van der Waals surface area (Å²) < 4.78 is 5.85. The molecule has 1 atom stereocenters. The first-order valence-electron chi connectivity index (χ1n) is 11.8. The number of benzene rings is 2. The average Bonchev–Trinajstić information content (AvgIpc) is 3.02. The molecule has 0 aliphatic carbocycles. The molecule has 1 aliphatic heterocycles. The van der Waals surface area contributed by atoms with Crippen molar-refractivity contribution in [3.8, 4) is 5.75 Å². The van der Waals surface area contributed by atoms with Gasteiger partial charge in [-0.05, 0) is 81.7 Å². The largest absolute Gasteiger partial charge is 0.507 e. The molecule has 1 unspecified atom stereocenters. The van der Waals surface area contributed by atoms with Gasteiger partial charge < -0.3 is 19.6 Å². The van der Waals surface area contributed by atoms with E-state index >= 15 is 0 Å². The Morgan fingerprint density at radius 1 is 1.09 bits per heavy atom. The predicted octanol–water partition coefficient (Wildman–Crippen LogP) is 4.71. The number of nitrogens with zero attached hydrogens (tertiary/aromatic N) is 2. The Bertz CT molecular complexity index is 1090. The van der Waals surface area contributed by atoms with Gasteiger partial charge in [0.15, 0.2) is 0 Å². The van der Waals surface area contributed by atoms with Crippen molar-refractivity contribution in [2.24, 2.45) is 5.92 Å². The number of carbonyl (C=O) groups is 2. The zero-order valence-corrected chi connectivity index (χ0v) is 21.1. The van der Waals surface area contributed by atoms with E-state index in [0.29, 0.717) is 24.6 Å². The molecule has 0 bridgehead atoms. The van der Waals surface area contributed by atoms with Crippen LogP contribution < -0.4 is 4.74 Å². The first kappa shape index (κ1) is 25.5. The normalized spacial score (nSPS) is 17.8. The van der Waals surface area contributed by atoms with E-state index in [4.69, 9.17) is 4.74 Å². The summed E-state index contributed by atoms with van der Waals surface area (Å²) in [5.74, 6) is -0.231. The van der Waals surface area contributed by atoms with Crippen molar-refractivity contribution in [1.29, 1.82) is 0 Å². The summed E-state index contributed by atoms with van der Waals surface area (Å²) in [4.78, 5) is 29.9. The Morgan fingerprint density at radius 2 is 1.79 bits per heavy atom. The molecule has 2 aromatic carbocycles. The summed E-state index contributed by atoms with van der Waals surface area (Å²) in [5.41, 5.74) is 3.31. The first-order valence-corrected chi connectivity index (χ1v) is 11.8. The second kappa shape index (κ2) is 10.9. The van der Waals surface area contributed by atoms with E-state index in [2.05, 4.69) is 13.8 Å². The van der Waals surface area contributed by atoms with E-state index in [1.165, 1.54) is 0 Å². The molecule has 0 spiro atoms. The number of amides is 1. The maximum Gasteiger partial charge on any atom is 0.295 e. The van der Waals surface area contributed by atoms with Crippen molar-refractivity contribution in [3.05, 3.63) is 70.3 Å². The van der Waals surface area contributed by atoms with Gasteiger partial charge in [-0.15, -0.1) is 0 Å². The van der Waals surface area contributed by atoms with Crippen LogP contribution in [0.3, 0.4) is 0 Å². The van der Waals surface area contributed by atoms with Gasteiger partial charge in [0.1, 0.15) is 11.5 Å². The smallest absolute Gasteiger partial charge is 0.295 e. The van der Waals surface area contributed by atoms with Crippen LogP contribution in [0.5, 0.6) is 5.75 Å². The van der Waals surface area contributed by atoms with E-state index in [9.17, 15) is 14.7 Å². The lowest BCUT2D eigenvalue weighted by Crippen LogP contribution is -2.32. The summed E-state index contributed by atoms with van der Waals surface area (Å²) in [6.45, 7) is 9.85. The molecule has 1 N–H and O–H groups in total. The topological polar surface area (TPSA) is 70.1 Å². The number of likely N-dealkylation sites (tertiary alicyclic amines) is 1. The lowest BCUT2D eigenvalue weighted by molar-refractivity contribution is -0.139. The quantitative estimate of drug-likeness (QED) is 0.331. The van der Waals surface area contributed by atoms with E-state index in [0.717, 1.165) is 35.4 Å². The van der Waals surface area contributed by atoms with Gasteiger partial charge in [-0.1, -0.05) is 38.1 Å². The standard InChI is InChI=1S/C28H36N2O4/c1-18(2)17-34-23-13-12-21(16-20(23)4)26(31)24-25(22-11-8-7-10-19(22)3)30(28(33)27(24)32)15-9-14-29(5)6/h7-8,10-13,16,18,25,31H,9,14-15,17H2,1-6H3/b26-24+. The number of ketones is 1. The van der Waals surface area contributed by atoms with Crippen molar-refractivity contribution >= 4 is 17.4 Å². The molecule has 3 rings (SSSR count). The Morgan fingerprint density at radius 3 is 2.41 bits per heavy atom. The van der Waals surface area contributed by atoms with Gasteiger partial charge >= 0.3 is 0 Å².